The van der Waals surface area contributed by atoms with E-state index in [-0.39, 0.29) is 18.0 Å². The predicted molar refractivity (Wildman–Crippen MR) is 96.4 cm³/mol. The third-order valence-electron chi connectivity index (χ3n) is 3.22. The van der Waals surface area contributed by atoms with Crippen molar-refractivity contribution in [3.8, 4) is 0 Å². The molecule has 0 saturated heterocycles. The fourth-order valence-electron chi connectivity index (χ4n) is 2.14. The Balaban J connectivity index is 1.96. The Labute approximate surface area is 145 Å². The maximum Gasteiger partial charge on any atom is 0.319 e. The lowest BCUT2D eigenvalue weighted by Crippen LogP contribution is -2.34. The first-order chi connectivity index (χ1) is 11.3. The summed E-state index contributed by atoms with van der Waals surface area (Å²) in [6, 6.07) is 6.64. The largest absolute Gasteiger partial charge is 0.336 e. The molecule has 0 aliphatic carbocycles. The predicted octanol–water partition coefficient (Wildman–Crippen LogP) is 3.25. The molecule has 0 aliphatic heterocycles. The van der Waals surface area contributed by atoms with E-state index >= 15 is 0 Å². The minimum atomic E-state index is -0.264. The van der Waals surface area contributed by atoms with Crippen LogP contribution in [0.2, 0.25) is 0 Å². The summed E-state index contributed by atoms with van der Waals surface area (Å²) in [4.78, 5) is 30.1. The lowest BCUT2D eigenvalue weighted by molar-refractivity contribution is 0.0783. The minimum Gasteiger partial charge on any atom is -0.336 e. The molecular formula is C17H22N4O2S. The molecule has 0 radical (unpaired) electrons. The van der Waals surface area contributed by atoms with Gasteiger partial charge >= 0.3 is 6.03 Å². The molecular weight excluding hydrogens is 324 g/mol. The van der Waals surface area contributed by atoms with Crippen LogP contribution < -0.4 is 10.6 Å². The van der Waals surface area contributed by atoms with Crippen LogP contribution >= 0.6 is 11.3 Å². The zero-order valence-electron chi connectivity index (χ0n) is 14.3. The number of nitrogens with one attached hydrogen (secondary N) is 2. The Morgan fingerprint density at radius 2 is 1.92 bits per heavy atom. The summed E-state index contributed by atoms with van der Waals surface area (Å²) in [5, 5.41) is 8.42. The van der Waals surface area contributed by atoms with Gasteiger partial charge in [0.1, 0.15) is 0 Å². The molecule has 7 heteroatoms. The van der Waals surface area contributed by atoms with Gasteiger partial charge in [-0.15, -0.1) is 11.3 Å². The van der Waals surface area contributed by atoms with E-state index in [9.17, 15) is 9.59 Å². The molecule has 3 amide bonds. The van der Waals surface area contributed by atoms with Crippen molar-refractivity contribution in [1.29, 1.82) is 0 Å². The van der Waals surface area contributed by atoms with Crippen LogP contribution in [0.5, 0.6) is 0 Å². The second kappa shape index (κ2) is 7.92. The Kier molecular flexibility index (Phi) is 5.92. The summed E-state index contributed by atoms with van der Waals surface area (Å²) < 4.78 is 0. The first kappa shape index (κ1) is 17.9. The van der Waals surface area contributed by atoms with Crippen molar-refractivity contribution in [2.75, 3.05) is 12.4 Å². The maximum absolute atomic E-state index is 12.4. The number of aromatic nitrogens is 1. The molecule has 2 rings (SSSR count). The summed E-state index contributed by atoms with van der Waals surface area (Å²) in [5.74, 6) is -0.0844. The van der Waals surface area contributed by atoms with Crippen LogP contribution in [0.25, 0.3) is 0 Å². The second-order valence-electron chi connectivity index (χ2n) is 5.85. The quantitative estimate of drug-likeness (QED) is 0.873. The molecule has 1 aromatic heterocycles. The molecule has 0 saturated carbocycles. The van der Waals surface area contributed by atoms with Gasteiger partial charge in [0.2, 0.25) is 0 Å². The van der Waals surface area contributed by atoms with Crippen LogP contribution in [-0.4, -0.2) is 34.9 Å². The average molecular weight is 346 g/mol. The Morgan fingerprint density at radius 3 is 2.46 bits per heavy atom. The van der Waals surface area contributed by atoms with Gasteiger partial charge in [0.15, 0.2) is 0 Å². The van der Waals surface area contributed by atoms with Gasteiger partial charge in [-0.25, -0.2) is 9.78 Å². The van der Waals surface area contributed by atoms with E-state index in [0.29, 0.717) is 17.8 Å². The molecule has 1 heterocycles. The van der Waals surface area contributed by atoms with E-state index in [1.807, 2.05) is 26.2 Å². The number of hydrogen-bond donors (Lipinski definition) is 2. The van der Waals surface area contributed by atoms with Crippen LogP contribution in [0.15, 0.2) is 29.6 Å². The molecule has 1 aromatic carbocycles. The van der Waals surface area contributed by atoms with Crippen LogP contribution in [-0.2, 0) is 6.54 Å². The maximum atomic E-state index is 12.4. The Hall–Kier alpha value is -2.41. The molecule has 0 bridgehead atoms. The molecule has 0 unspecified atom stereocenters. The number of benzene rings is 1. The minimum absolute atomic E-state index is 0.0638. The van der Waals surface area contributed by atoms with Crippen LogP contribution in [0.4, 0.5) is 10.5 Å². The SMILES string of the molecule is Cc1nc(CN(C)C(=O)c2ccc(NC(=O)NC(C)C)cc2)cs1. The molecule has 24 heavy (non-hydrogen) atoms. The third-order valence-corrected chi connectivity index (χ3v) is 4.04. The number of carbonyl (C=O) groups excluding carboxylic acids is 2. The number of carbonyl (C=O) groups is 2. The molecule has 2 aromatic rings. The van der Waals surface area contributed by atoms with Gasteiger partial charge in [-0.1, -0.05) is 0 Å². The van der Waals surface area contributed by atoms with Crippen LogP contribution in [0, 0.1) is 6.92 Å². The van der Waals surface area contributed by atoms with E-state index in [4.69, 9.17) is 0 Å². The smallest absolute Gasteiger partial charge is 0.319 e. The van der Waals surface area contributed by atoms with Gasteiger partial charge in [0.25, 0.3) is 5.91 Å². The lowest BCUT2D eigenvalue weighted by Gasteiger charge is -2.16. The lowest BCUT2D eigenvalue weighted by atomic mass is 10.2. The number of nitrogens with zero attached hydrogens (tertiary/aromatic N) is 2. The van der Waals surface area contributed by atoms with Gasteiger partial charge in [0, 0.05) is 29.7 Å². The van der Waals surface area contributed by atoms with E-state index in [1.54, 1.807) is 47.5 Å². The number of amides is 3. The number of hydrogen-bond acceptors (Lipinski definition) is 4. The standard InChI is InChI=1S/C17H22N4O2S/c1-11(2)18-17(23)20-14-7-5-13(6-8-14)16(22)21(4)9-15-10-24-12(3)19-15/h5-8,10-11H,9H2,1-4H3,(H2,18,20,23). The highest BCUT2D eigenvalue weighted by atomic mass is 32.1. The molecule has 0 spiro atoms. The number of aryl methyl sites for hydroxylation is 1. The normalized spacial score (nSPS) is 10.5. The fraction of sp³-hybridized carbons (Fsp3) is 0.353. The first-order valence-electron chi connectivity index (χ1n) is 7.69. The summed E-state index contributed by atoms with van der Waals surface area (Å²) in [5.41, 5.74) is 2.10. The topological polar surface area (TPSA) is 74.3 Å². The van der Waals surface area contributed by atoms with Crippen molar-refractivity contribution >= 4 is 29.0 Å². The molecule has 0 atom stereocenters. The van der Waals surface area contributed by atoms with E-state index in [0.717, 1.165) is 10.7 Å². The zero-order chi connectivity index (χ0) is 17.7. The first-order valence-corrected chi connectivity index (χ1v) is 8.57. The monoisotopic (exact) mass is 346 g/mol. The highest BCUT2D eigenvalue weighted by Gasteiger charge is 2.13. The number of rotatable bonds is 5. The van der Waals surface area contributed by atoms with Crippen LogP contribution in [0.3, 0.4) is 0 Å². The highest BCUT2D eigenvalue weighted by Crippen LogP contribution is 2.14. The summed E-state index contributed by atoms with van der Waals surface area (Å²) >= 11 is 1.57. The third kappa shape index (κ3) is 5.06. The summed E-state index contributed by atoms with van der Waals surface area (Å²) in [6.45, 7) is 6.19. The average Bonchev–Trinajstić information content (AvgIpc) is 2.91. The van der Waals surface area contributed by atoms with E-state index < -0.39 is 0 Å². The van der Waals surface area contributed by atoms with Crippen molar-refractivity contribution in [2.24, 2.45) is 0 Å². The number of thiazole rings is 1. The highest BCUT2D eigenvalue weighted by molar-refractivity contribution is 7.09. The number of urea groups is 1. The van der Waals surface area contributed by atoms with Gasteiger partial charge in [0.05, 0.1) is 17.2 Å². The molecule has 0 fully saturated rings. The Morgan fingerprint density at radius 1 is 1.25 bits per heavy atom. The van der Waals surface area contributed by atoms with Gasteiger partial charge < -0.3 is 15.5 Å². The molecule has 2 N–H and O–H groups in total. The van der Waals surface area contributed by atoms with Crippen LogP contribution in [0.1, 0.15) is 34.9 Å². The Bertz CT molecular complexity index is 710. The summed E-state index contributed by atoms with van der Waals surface area (Å²) in [7, 11) is 1.75. The zero-order valence-corrected chi connectivity index (χ0v) is 15.1. The summed E-state index contributed by atoms with van der Waals surface area (Å²) in [6.07, 6.45) is 0. The van der Waals surface area contributed by atoms with Crippen molar-refractivity contribution in [2.45, 2.75) is 33.4 Å². The van der Waals surface area contributed by atoms with Crippen molar-refractivity contribution in [3.63, 3.8) is 0 Å². The van der Waals surface area contributed by atoms with Crippen molar-refractivity contribution < 1.29 is 9.59 Å². The molecule has 6 nitrogen and oxygen atoms in total. The molecule has 128 valence electrons. The second-order valence-corrected chi connectivity index (χ2v) is 6.91. The van der Waals surface area contributed by atoms with Gasteiger partial charge in [-0.3, -0.25) is 4.79 Å². The van der Waals surface area contributed by atoms with Gasteiger partial charge in [-0.05, 0) is 45.0 Å². The van der Waals surface area contributed by atoms with Crippen molar-refractivity contribution in [1.82, 2.24) is 15.2 Å². The van der Waals surface area contributed by atoms with Gasteiger partial charge in [-0.2, -0.15) is 0 Å². The van der Waals surface area contributed by atoms with E-state index in [2.05, 4.69) is 15.6 Å². The van der Waals surface area contributed by atoms with Crippen molar-refractivity contribution in [3.05, 3.63) is 45.9 Å². The number of anilines is 1. The van der Waals surface area contributed by atoms with E-state index in [1.165, 1.54) is 0 Å². The molecule has 0 aliphatic rings. The fourth-order valence-corrected chi connectivity index (χ4v) is 2.75.